The summed E-state index contributed by atoms with van der Waals surface area (Å²) in [6.45, 7) is 4.02. The van der Waals surface area contributed by atoms with Gasteiger partial charge in [-0.05, 0) is 41.3 Å². The van der Waals surface area contributed by atoms with Gasteiger partial charge >= 0.3 is 0 Å². The summed E-state index contributed by atoms with van der Waals surface area (Å²) in [6.07, 6.45) is 10.8. The predicted molar refractivity (Wildman–Crippen MR) is 102 cm³/mol. The van der Waals surface area contributed by atoms with Gasteiger partial charge in [0.05, 0.1) is 0 Å². The van der Waals surface area contributed by atoms with Crippen LogP contribution < -0.4 is 0 Å². The normalized spacial score (nSPS) is 11.2. The molecule has 4 aromatic heterocycles. The Morgan fingerprint density at radius 3 is 2.44 bits per heavy atom. The quantitative estimate of drug-likeness (QED) is 0.547. The molecule has 6 heteroatoms. The van der Waals surface area contributed by atoms with Crippen LogP contribution in [-0.2, 0) is 19.3 Å². The van der Waals surface area contributed by atoms with Crippen LogP contribution in [0.25, 0.3) is 11.0 Å². The minimum atomic E-state index is -0.439. The maximum atomic E-state index is 14.3. The average molecular weight is 361 g/mol. The fourth-order valence-electron chi connectivity index (χ4n) is 3.17. The van der Waals surface area contributed by atoms with Crippen molar-refractivity contribution in [2.24, 2.45) is 0 Å². The van der Waals surface area contributed by atoms with Gasteiger partial charge < -0.3 is 4.98 Å². The van der Waals surface area contributed by atoms with E-state index in [9.17, 15) is 4.39 Å². The second-order valence-electron chi connectivity index (χ2n) is 6.73. The second-order valence-corrected chi connectivity index (χ2v) is 6.73. The fourth-order valence-corrected chi connectivity index (χ4v) is 3.17. The molecule has 0 bridgehead atoms. The SMILES string of the molecule is CCc1ncc(Cc2cnc(F)c(Cc3c[nH]c4ncc(C)cc34)c2)cn1. The Kier molecular flexibility index (Phi) is 4.62. The zero-order valence-corrected chi connectivity index (χ0v) is 15.3. The summed E-state index contributed by atoms with van der Waals surface area (Å²) in [5.74, 6) is 0.381. The Balaban J connectivity index is 1.60. The monoisotopic (exact) mass is 361 g/mol. The average Bonchev–Trinajstić information content (AvgIpc) is 3.07. The van der Waals surface area contributed by atoms with Crippen molar-refractivity contribution in [2.45, 2.75) is 33.1 Å². The van der Waals surface area contributed by atoms with E-state index in [0.29, 0.717) is 18.4 Å². The molecule has 0 amide bonds. The first-order valence-corrected chi connectivity index (χ1v) is 8.98. The largest absolute Gasteiger partial charge is 0.346 e. The van der Waals surface area contributed by atoms with Gasteiger partial charge in [-0.1, -0.05) is 6.92 Å². The third kappa shape index (κ3) is 3.69. The Labute approximate surface area is 156 Å². The van der Waals surface area contributed by atoms with Crippen molar-refractivity contribution < 1.29 is 4.39 Å². The molecule has 1 N–H and O–H groups in total. The summed E-state index contributed by atoms with van der Waals surface area (Å²) in [6, 6.07) is 3.94. The molecule has 0 radical (unpaired) electrons. The molecule has 27 heavy (non-hydrogen) atoms. The predicted octanol–water partition coefficient (Wildman–Crippen LogP) is 3.94. The number of H-pyrrole nitrogens is 1. The summed E-state index contributed by atoms with van der Waals surface area (Å²) >= 11 is 0. The maximum absolute atomic E-state index is 14.3. The van der Waals surface area contributed by atoms with E-state index < -0.39 is 5.95 Å². The number of aromatic nitrogens is 5. The van der Waals surface area contributed by atoms with Crippen molar-refractivity contribution in [3.63, 3.8) is 0 Å². The van der Waals surface area contributed by atoms with Crippen LogP contribution in [0.2, 0.25) is 0 Å². The number of nitrogens with zero attached hydrogens (tertiary/aromatic N) is 4. The lowest BCUT2D eigenvalue weighted by molar-refractivity contribution is 0.569. The Bertz CT molecular complexity index is 1090. The molecule has 0 aliphatic rings. The van der Waals surface area contributed by atoms with E-state index in [0.717, 1.165) is 45.5 Å². The lowest BCUT2D eigenvalue weighted by Gasteiger charge is -2.07. The molecule has 5 nitrogen and oxygen atoms in total. The number of halogens is 1. The molecule has 0 aliphatic heterocycles. The number of aryl methyl sites for hydroxylation is 2. The van der Waals surface area contributed by atoms with Crippen LogP contribution in [0.4, 0.5) is 4.39 Å². The number of hydrogen-bond donors (Lipinski definition) is 1. The van der Waals surface area contributed by atoms with Gasteiger partial charge in [-0.15, -0.1) is 0 Å². The van der Waals surface area contributed by atoms with Gasteiger partial charge in [-0.25, -0.2) is 19.9 Å². The van der Waals surface area contributed by atoms with Crippen LogP contribution in [0.15, 0.2) is 43.1 Å². The van der Waals surface area contributed by atoms with Crippen LogP contribution in [0.3, 0.4) is 0 Å². The molecule has 4 heterocycles. The third-order valence-corrected chi connectivity index (χ3v) is 4.59. The second kappa shape index (κ2) is 7.23. The standard InChI is InChI=1S/C21H20FN5/c1-3-19-23-10-15(11-24-19)5-14-6-16(20(22)25-9-14)7-17-12-27-21-18(17)4-13(2)8-26-21/h4,6,8-12H,3,5,7H2,1-2H3,(H,26,27). The first-order chi connectivity index (χ1) is 13.1. The van der Waals surface area contributed by atoms with Crippen molar-refractivity contribution in [1.82, 2.24) is 24.9 Å². The molecule has 0 saturated heterocycles. The smallest absolute Gasteiger partial charge is 0.216 e. The molecular formula is C21H20FN5. The minimum absolute atomic E-state index is 0.439. The zero-order chi connectivity index (χ0) is 18.8. The van der Waals surface area contributed by atoms with E-state index in [-0.39, 0.29) is 0 Å². The molecule has 0 saturated carbocycles. The summed E-state index contributed by atoms with van der Waals surface area (Å²) in [7, 11) is 0. The number of fused-ring (bicyclic) bond motifs is 1. The summed E-state index contributed by atoms with van der Waals surface area (Å²) < 4.78 is 14.3. The fraction of sp³-hybridized carbons (Fsp3) is 0.238. The van der Waals surface area contributed by atoms with Crippen molar-refractivity contribution in [1.29, 1.82) is 0 Å². The van der Waals surface area contributed by atoms with Crippen molar-refractivity contribution >= 4 is 11.0 Å². The van der Waals surface area contributed by atoms with E-state index in [1.54, 1.807) is 6.20 Å². The van der Waals surface area contributed by atoms with Crippen LogP contribution >= 0.6 is 0 Å². The highest BCUT2D eigenvalue weighted by Gasteiger charge is 2.11. The highest BCUT2D eigenvalue weighted by atomic mass is 19.1. The van der Waals surface area contributed by atoms with Gasteiger partial charge in [0, 0.05) is 61.2 Å². The lowest BCUT2D eigenvalue weighted by atomic mass is 10.0. The van der Waals surface area contributed by atoms with Gasteiger partial charge in [0.2, 0.25) is 5.95 Å². The highest BCUT2D eigenvalue weighted by molar-refractivity contribution is 5.80. The van der Waals surface area contributed by atoms with Gasteiger partial charge in [0.25, 0.3) is 0 Å². The number of hydrogen-bond acceptors (Lipinski definition) is 4. The third-order valence-electron chi connectivity index (χ3n) is 4.59. The Morgan fingerprint density at radius 2 is 1.67 bits per heavy atom. The van der Waals surface area contributed by atoms with Crippen molar-refractivity contribution in [2.75, 3.05) is 0 Å². The Morgan fingerprint density at radius 1 is 0.889 bits per heavy atom. The van der Waals surface area contributed by atoms with Crippen LogP contribution in [0, 0.1) is 12.9 Å². The van der Waals surface area contributed by atoms with Gasteiger partial charge in [0.1, 0.15) is 11.5 Å². The molecule has 0 unspecified atom stereocenters. The number of pyridine rings is 2. The van der Waals surface area contributed by atoms with E-state index in [4.69, 9.17) is 0 Å². The van der Waals surface area contributed by atoms with Crippen LogP contribution in [0.1, 0.15) is 40.6 Å². The molecule has 4 rings (SSSR count). The first kappa shape index (κ1) is 17.3. The summed E-state index contributed by atoms with van der Waals surface area (Å²) in [5, 5.41) is 1.02. The van der Waals surface area contributed by atoms with Gasteiger partial charge in [-0.2, -0.15) is 4.39 Å². The molecule has 0 spiro atoms. The van der Waals surface area contributed by atoms with Crippen LogP contribution in [0.5, 0.6) is 0 Å². The molecule has 0 fully saturated rings. The summed E-state index contributed by atoms with van der Waals surface area (Å²) in [4.78, 5) is 20.1. The van der Waals surface area contributed by atoms with Crippen molar-refractivity contribution in [3.8, 4) is 0 Å². The number of nitrogens with one attached hydrogen (secondary N) is 1. The van der Waals surface area contributed by atoms with E-state index in [1.165, 1.54) is 0 Å². The number of aromatic amines is 1. The Hall–Kier alpha value is -3.15. The zero-order valence-electron chi connectivity index (χ0n) is 15.3. The molecule has 136 valence electrons. The molecule has 4 aromatic rings. The van der Waals surface area contributed by atoms with E-state index in [2.05, 4.69) is 31.0 Å². The number of rotatable bonds is 5. The molecular weight excluding hydrogens is 341 g/mol. The van der Waals surface area contributed by atoms with Crippen molar-refractivity contribution in [3.05, 3.63) is 82.7 Å². The van der Waals surface area contributed by atoms with Gasteiger partial charge in [-0.3, -0.25) is 0 Å². The highest BCUT2D eigenvalue weighted by Crippen LogP contribution is 2.22. The topological polar surface area (TPSA) is 67.3 Å². The molecule has 0 aromatic carbocycles. The molecule has 0 atom stereocenters. The lowest BCUT2D eigenvalue weighted by Crippen LogP contribution is -2.00. The minimum Gasteiger partial charge on any atom is -0.346 e. The van der Waals surface area contributed by atoms with E-state index in [1.807, 2.05) is 44.7 Å². The summed E-state index contributed by atoms with van der Waals surface area (Å²) in [5.41, 5.74) is 5.39. The van der Waals surface area contributed by atoms with E-state index >= 15 is 0 Å². The van der Waals surface area contributed by atoms with Crippen LogP contribution in [-0.4, -0.2) is 24.9 Å². The maximum Gasteiger partial charge on any atom is 0.216 e. The molecule has 0 aliphatic carbocycles. The van der Waals surface area contributed by atoms with Gasteiger partial charge in [0.15, 0.2) is 0 Å². The first-order valence-electron chi connectivity index (χ1n) is 8.98.